The first-order chi connectivity index (χ1) is 10.2. The maximum Gasteiger partial charge on any atom is 0.310 e. The molecule has 0 amide bonds. The number of esters is 1. The van der Waals surface area contributed by atoms with Crippen molar-refractivity contribution in [2.45, 2.75) is 19.8 Å². The van der Waals surface area contributed by atoms with Crippen LogP contribution >= 0.6 is 11.6 Å². The zero-order valence-corrected chi connectivity index (χ0v) is 13.1. The van der Waals surface area contributed by atoms with Gasteiger partial charge in [0.25, 0.3) is 0 Å². The van der Waals surface area contributed by atoms with Gasteiger partial charge in [0, 0.05) is 13.1 Å². The highest BCUT2D eigenvalue weighted by Gasteiger charge is 2.26. The largest absolute Gasteiger partial charge is 0.491 e. The number of benzene rings is 1. The summed E-state index contributed by atoms with van der Waals surface area (Å²) in [6, 6.07) is 7.46. The standard InChI is InChI=1S/C16H22ClNO3/c1-2-20-16(19)13-6-5-9-18(12-13)10-11-21-15-8-4-3-7-14(15)17/h3-4,7-8,13H,2,5-6,9-12H2,1H3. The van der Waals surface area contributed by atoms with Crippen molar-refractivity contribution in [3.63, 3.8) is 0 Å². The fraction of sp³-hybridized carbons (Fsp3) is 0.562. The van der Waals surface area contributed by atoms with Crippen LogP contribution < -0.4 is 4.74 Å². The molecule has 5 heteroatoms. The summed E-state index contributed by atoms with van der Waals surface area (Å²) in [6.45, 7) is 5.41. The molecule has 1 saturated heterocycles. The number of carbonyl (C=O) groups is 1. The minimum atomic E-state index is -0.0748. The molecule has 1 aromatic carbocycles. The lowest BCUT2D eigenvalue weighted by atomic mass is 9.98. The second-order valence-electron chi connectivity index (χ2n) is 5.17. The lowest BCUT2D eigenvalue weighted by Crippen LogP contribution is -2.41. The van der Waals surface area contributed by atoms with Crippen molar-refractivity contribution < 1.29 is 14.3 Å². The first-order valence-corrected chi connectivity index (χ1v) is 7.84. The van der Waals surface area contributed by atoms with Crippen molar-refractivity contribution >= 4 is 17.6 Å². The highest BCUT2D eigenvalue weighted by atomic mass is 35.5. The van der Waals surface area contributed by atoms with Crippen molar-refractivity contribution in [3.05, 3.63) is 29.3 Å². The highest BCUT2D eigenvalue weighted by molar-refractivity contribution is 6.32. The van der Waals surface area contributed by atoms with Crippen LogP contribution in [0.4, 0.5) is 0 Å². The van der Waals surface area contributed by atoms with E-state index in [1.54, 1.807) is 0 Å². The number of halogens is 1. The maximum absolute atomic E-state index is 11.8. The van der Waals surface area contributed by atoms with Crippen LogP contribution in [0.3, 0.4) is 0 Å². The van der Waals surface area contributed by atoms with Crippen LogP contribution in [0, 0.1) is 5.92 Å². The van der Waals surface area contributed by atoms with Gasteiger partial charge in [0.15, 0.2) is 0 Å². The Balaban J connectivity index is 1.75. The van der Waals surface area contributed by atoms with Gasteiger partial charge in [-0.2, -0.15) is 0 Å². The molecule has 1 unspecified atom stereocenters. The zero-order chi connectivity index (χ0) is 15.1. The van der Waals surface area contributed by atoms with Crippen molar-refractivity contribution in [3.8, 4) is 5.75 Å². The molecule has 1 aliphatic rings. The Kier molecular flexibility index (Phi) is 6.33. The third-order valence-electron chi connectivity index (χ3n) is 3.63. The van der Waals surface area contributed by atoms with Gasteiger partial charge >= 0.3 is 5.97 Å². The number of hydrogen-bond donors (Lipinski definition) is 0. The van der Waals surface area contributed by atoms with Crippen molar-refractivity contribution in [2.24, 2.45) is 5.92 Å². The van der Waals surface area contributed by atoms with Gasteiger partial charge in [0.05, 0.1) is 17.5 Å². The van der Waals surface area contributed by atoms with E-state index in [4.69, 9.17) is 21.1 Å². The molecule has 0 bridgehead atoms. The Hall–Kier alpha value is -1.26. The summed E-state index contributed by atoms with van der Waals surface area (Å²) in [7, 11) is 0. The molecule has 1 fully saturated rings. The first-order valence-electron chi connectivity index (χ1n) is 7.47. The highest BCUT2D eigenvalue weighted by Crippen LogP contribution is 2.23. The predicted octanol–water partition coefficient (Wildman–Crippen LogP) is 2.99. The molecule has 1 aliphatic heterocycles. The minimum absolute atomic E-state index is 0.000914. The molecule has 0 aliphatic carbocycles. The monoisotopic (exact) mass is 311 g/mol. The first kappa shape index (κ1) is 16.1. The summed E-state index contributed by atoms with van der Waals surface area (Å²) in [5.41, 5.74) is 0. The van der Waals surface area contributed by atoms with E-state index in [-0.39, 0.29) is 11.9 Å². The summed E-state index contributed by atoms with van der Waals surface area (Å²) in [6.07, 6.45) is 1.94. The van der Waals surface area contributed by atoms with E-state index < -0.39 is 0 Å². The number of piperidine rings is 1. The van der Waals surface area contributed by atoms with Gasteiger partial charge < -0.3 is 9.47 Å². The van der Waals surface area contributed by atoms with Crippen LogP contribution in [0.5, 0.6) is 5.75 Å². The van der Waals surface area contributed by atoms with E-state index in [1.165, 1.54) is 0 Å². The Bertz CT molecular complexity index is 467. The van der Waals surface area contributed by atoms with Crippen LogP contribution in [0.2, 0.25) is 5.02 Å². The van der Waals surface area contributed by atoms with Gasteiger partial charge in [0.1, 0.15) is 12.4 Å². The fourth-order valence-corrected chi connectivity index (χ4v) is 2.75. The molecule has 1 atom stereocenters. The average molecular weight is 312 g/mol. The lowest BCUT2D eigenvalue weighted by molar-refractivity contribution is -0.150. The van der Waals surface area contributed by atoms with Crippen LogP contribution in [-0.4, -0.2) is 43.7 Å². The SMILES string of the molecule is CCOC(=O)C1CCCN(CCOc2ccccc2Cl)C1. The third kappa shape index (κ3) is 4.90. The van der Waals surface area contributed by atoms with Crippen molar-refractivity contribution in [1.29, 1.82) is 0 Å². The normalized spacial score (nSPS) is 19.2. The smallest absolute Gasteiger partial charge is 0.310 e. The molecule has 1 heterocycles. The molecule has 0 saturated carbocycles. The molecule has 21 heavy (non-hydrogen) atoms. The van der Waals surface area contributed by atoms with E-state index in [9.17, 15) is 4.79 Å². The summed E-state index contributed by atoms with van der Waals surface area (Å²) in [5.74, 6) is 0.631. The predicted molar refractivity (Wildman–Crippen MR) is 82.7 cm³/mol. The number of carbonyl (C=O) groups excluding carboxylic acids is 1. The maximum atomic E-state index is 11.8. The van der Waals surface area contributed by atoms with Gasteiger partial charge in [-0.05, 0) is 38.4 Å². The summed E-state index contributed by atoms with van der Waals surface area (Å²) in [4.78, 5) is 14.0. The molecule has 1 aromatic rings. The van der Waals surface area contributed by atoms with E-state index >= 15 is 0 Å². The van der Waals surface area contributed by atoms with E-state index in [0.717, 1.165) is 32.5 Å². The van der Waals surface area contributed by atoms with Crippen molar-refractivity contribution in [1.82, 2.24) is 4.90 Å². The zero-order valence-electron chi connectivity index (χ0n) is 12.4. The molecule has 4 nitrogen and oxygen atoms in total. The number of para-hydroxylation sites is 1. The quantitative estimate of drug-likeness (QED) is 0.757. The van der Waals surface area contributed by atoms with Gasteiger partial charge in [-0.15, -0.1) is 0 Å². The molecule has 0 radical (unpaired) electrons. The van der Waals surface area contributed by atoms with E-state index in [1.807, 2.05) is 31.2 Å². The van der Waals surface area contributed by atoms with Crippen LogP contribution in [-0.2, 0) is 9.53 Å². The summed E-state index contributed by atoms with van der Waals surface area (Å²) >= 11 is 6.05. The number of likely N-dealkylation sites (tertiary alicyclic amines) is 1. The number of nitrogens with zero attached hydrogens (tertiary/aromatic N) is 1. The molecule has 116 valence electrons. The molecule has 0 N–H and O–H groups in total. The molecular weight excluding hydrogens is 290 g/mol. The summed E-state index contributed by atoms with van der Waals surface area (Å²) < 4.78 is 10.8. The lowest BCUT2D eigenvalue weighted by Gasteiger charge is -2.31. The van der Waals surface area contributed by atoms with Gasteiger partial charge in [-0.25, -0.2) is 0 Å². The molecule has 0 aromatic heterocycles. The van der Waals surface area contributed by atoms with Gasteiger partial charge in [-0.1, -0.05) is 23.7 Å². The Morgan fingerprint density at radius 2 is 2.24 bits per heavy atom. The Morgan fingerprint density at radius 1 is 1.43 bits per heavy atom. The number of rotatable bonds is 6. The third-order valence-corrected chi connectivity index (χ3v) is 3.94. The molecule has 0 spiro atoms. The van der Waals surface area contributed by atoms with Crippen LogP contribution in [0.25, 0.3) is 0 Å². The topological polar surface area (TPSA) is 38.8 Å². The van der Waals surface area contributed by atoms with E-state index in [2.05, 4.69) is 4.90 Å². The Morgan fingerprint density at radius 3 is 3.00 bits per heavy atom. The van der Waals surface area contributed by atoms with E-state index in [0.29, 0.717) is 24.0 Å². The Labute approximate surface area is 131 Å². The summed E-state index contributed by atoms with van der Waals surface area (Å²) in [5, 5.41) is 0.626. The number of ether oxygens (including phenoxy) is 2. The van der Waals surface area contributed by atoms with Crippen LogP contribution in [0.1, 0.15) is 19.8 Å². The second kappa shape index (κ2) is 8.25. The molecular formula is C16H22ClNO3. The minimum Gasteiger partial charge on any atom is -0.491 e. The molecule has 2 rings (SSSR count). The van der Waals surface area contributed by atoms with Crippen molar-refractivity contribution in [2.75, 3.05) is 32.8 Å². The second-order valence-corrected chi connectivity index (χ2v) is 5.58. The number of hydrogen-bond acceptors (Lipinski definition) is 4. The van der Waals surface area contributed by atoms with Crippen LogP contribution in [0.15, 0.2) is 24.3 Å². The fourth-order valence-electron chi connectivity index (χ4n) is 2.56. The van der Waals surface area contributed by atoms with Gasteiger partial charge in [-0.3, -0.25) is 9.69 Å². The average Bonchev–Trinajstić information content (AvgIpc) is 2.50. The van der Waals surface area contributed by atoms with Gasteiger partial charge in [0.2, 0.25) is 0 Å².